The van der Waals surface area contributed by atoms with Gasteiger partial charge in [-0.3, -0.25) is 9.59 Å². The van der Waals surface area contributed by atoms with Crippen LogP contribution in [0.15, 0.2) is 58.7 Å². The highest BCUT2D eigenvalue weighted by Crippen LogP contribution is 2.47. The van der Waals surface area contributed by atoms with Gasteiger partial charge in [0.05, 0.1) is 25.2 Å². The molecule has 44 heavy (non-hydrogen) atoms. The second-order valence-electron chi connectivity index (χ2n) is 14.2. The summed E-state index contributed by atoms with van der Waals surface area (Å²) in [5, 5.41) is 23.0. The first-order valence-corrected chi connectivity index (χ1v) is 16.2. The van der Waals surface area contributed by atoms with Gasteiger partial charge >= 0.3 is 5.97 Å². The molecule has 3 fully saturated rings. The Hall–Kier alpha value is -2.36. The van der Waals surface area contributed by atoms with Crippen molar-refractivity contribution >= 4 is 11.8 Å². The average molecular weight is 611 g/mol. The van der Waals surface area contributed by atoms with Crippen LogP contribution in [-0.4, -0.2) is 70.5 Å². The highest BCUT2D eigenvalue weighted by molar-refractivity contribution is 5.83. The molecule has 10 atom stereocenters. The molecule has 5 aliphatic rings. The first-order chi connectivity index (χ1) is 20.7. The molecule has 4 aliphatic heterocycles. The van der Waals surface area contributed by atoms with E-state index in [0.717, 1.165) is 12.0 Å². The Bertz CT molecular complexity index is 1290. The summed E-state index contributed by atoms with van der Waals surface area (Å²) < 4.78 is 25.5. The molecule has 5 rings (SSSR count). The van der Waals surface area contributed by atoms with Crippen LogP contribution in [-0.2, 0) is 28.5 Å². The van der Waals surface area contributed by atoms with Gasteiger partial charge in [0.25, 0.3) is 0 Å². The van der Waals surface area contributed by atoms with E-state index in [1.54, 1.807) is 19.1 Å². The number of carbonyl (C=O) groups excluding carboxylic acids is 2. The summed E-state index contributed by atoms with van der Waals surface area (Å²) in [7, 11) is 0. The standard InChI is InChI=1S/C36H50O8/c1-20(2)13-24(6)32-25(7)30(37)18-35(44-32)17-28-16-27(43-35)12-11-22(4)14-21(3)9-8-10-26-19-41-33-31(38)23(5)15-29(34(39)42-28)36(26,33)40/h8-11,13,15,20-21,25,27-29,31-33,38,40H,12,14,16-19H2,1-7H3/b9-8+,22-11+,24-13+,26-10+/t21-,25-,27+,28-,29-,31+,32+,33+,35-,36+/m1/s1. The molecule has 0 aromatic heterocycles. The zero-order chi connectivity index (χ0) is 32.0. The summed E-state index contributed by atoms with van der Waals surface area (Å²) in [4.78, 5) is 27.5. The zero-order valence-corrected chi connectivity index (χ0v) is 27.2. The molecule has 1 spiro atoms. The minimum absolute atomic E-state index is 0.0628. The van der Waals surface area contributed by atoms with Crippen LogP contribution in [0.2, 0.25) is 0 Å². The number of ether oxygens (including phenoxy) is 4. The van der Waals surface area contributed by atoms with Crippen molar-refractivity contribution in [3.63, 3.8) is 0 Å². The van der Waals surface area contributed by atoms with Gasteiger partial charge in [0, 0.05) is 18.8 Å². The molecular formula is C36H50O8. The predicted octanol–water partition coefficient (Wildman–Crippen LogP) is 5.30. The van der Waals surface area contributed by atoms with Crippen molar-refractivity contribution in [3.05, 3.63) is 58.7 Å². The number of allylic oxidation sites excluding steroid dienone is 5. The van der Waals surface area contributed by atoms with Crippen molar-refractivity contribution in [2.24, 2.45) is 23.7 Å². The lowest BCUT2D eigenvalue weighted by atomic mass is 9.71. The number of aliphatic hydroxyl groups is 2. The van der Waals surface area contributed by atoms with Gasteiger partial charge in [-0.05, 0) is 62.2 Å². The van der Waals surface area contributed by atoms with E-state index in [0.29, 0.717) is 29.9 Å². The number of hydrogen-bond donors (Lipinski definition) is 2. The average Bonchev–Trinajstić information content (AvgIpc) is 3.27. The fraction of sp³-hybridized carbons (Fsp3) is 0.667. The molecule has 0 amide bonds. The SMILES string of the molecule is CC1=C[C@@H]2C(=O)O[C@@H]3C[C@H](C/C=C(\C)C[C@H](C)/C=C/C=C4\CO[C@@H]([C@H]1O)[C@]42O)O[C@]1(CC(=O)[C@@H](C)[C@H](/C(C)=C/C(C)C)O1)C3. The smallest absolute Gasteiger partial charge is 0.316 e. The molecule has 1 aliphatic carbocycles. The Balaban J connectivity index is 1.53. The molecule has 2 bridgehead atoms. The Morgan fingerprint density at radius 3 is 2.61 bits per heavy atom. The van der Waals surface area contributed by atoms with E-state index in [9.17, 15) is 19.8 Å². The van der Waals surface area contributed by atoms with E-state index in [1.807, 2.05) is 19.9 Å². The third-order valence-corrected chi connectivity index (χ3v) is 9.91. The molecule has 4 heterocycles. The number of aliphatic hydroxyl groups excluding tert-OH is 1. The Labute approximate surface area is 261 Å². The molecule has 0 unspecified atom stereocenters. The number of Topliss-reactive ketones (excluding diaryl/α,β-unsaturated/α-hetero) is 1. The number of esters is 1. The van der Waals surface area contributed by atoms with Crippen LogP contribution in [0.1, 0.15) is 80.6 Å². The highest BCUT2D eigenvalue weighted by atomic mass is 16.7. The third-order valence-electron chi connectivity index (χ3n) is 9.91. The number of rotatable bonds is 2. The summed E-state index contributed by atoms with van der Waals surface area (Å²) in [6.45, 7) is 14.1. The van der Waals surface area contributed by atoms with Crippen molar-refractivity contribution in [1.82, 2.24) is 0 Å². The lowest BCUT2D eigenvalue weighted by Crippen LogP contribution is -2.59. The molecule has 0 radical (unpaired) electrons. The largest absolute Gasteiger partial charge is 0.462 e. The van der Waals surface area contributed by atoms with Crippen molar-refractivity contribution in [2.75, 3.05) is 6.61 Å². The van der Waals surface area contributed by atoms with Crippen molar-refractivity contribution < 1.29 is 38.7 Å². The quantitative estimate of drug-likeness (QED) is 0.320. The molecule has 0 aromatic rings. The minimum atomic E-state index is -1.75. The fourth-order valence-electron chi connectivity index (χ4n) is 7.69. The topological polar surface area (TPSA) is 112 Å². The lowest BCUT2D eigenvalue weighted by molar-refractivity contribution is -0.319. The molecule has 2 N–H and O–H groups in total. The zero-order valence-electron chi connectivity index (χ0n) is 27.2. The number of ketones is 1. The van der Waals surface area contributed by atoms with Gasteiger partial charge in [-0.1, -0.05) is 69.7 Å². The molecule has 0 aromatic carbocycles. The Morgan fingerprint density at radius 2 is 1.89 bits per heavy atom. The second kappa shape index (κ2) is 12.8. The molecule has 8 heteroatoms. The molecular weight excluding hydrogens is 560 g/mol. The first-order valence-electron chi connectivity index (χ1n) is 16.2. The van der Waals surface area contributed by atoms with Gasteiger partial charge in [-0.25, -0.2) is 0 Å². The van der Waals surface area contributed by atoms with E-state index in [2.05, 4.69) is 45.9 Å². The van der Waals surface area contributed by atoms with Gasteiger partial charge in [-0.15, -0.1) is 0 Å². The van der Waals surface area contributed by atoms with Crippen LogP contribution in [0.25, 0.3) is 0 Å². The van der Waals surface area contributed by atoms with Crippen LogP contribution in [0.3, 0.4) is 0 Å². The third kappa shape index (κ3) is 6.47. The highest BCUT2D eigenvalue weighted by Gasteiger charge is 2.60. The number of fused-ring (bicyclic) bond motifs is 2. The molecule has 8 nitrogen and oxygen atoms in total. The maximum Gasteiger partial charge on any atom is 0.316 e. The summed E-state index contributed by atoms with van der Waals surface area (Å²) in [6, 6.07) is 0. The van der Waals surface area contributed by atoms with Gasteiger partial charge < -0.3 is 29.2 Å². The van der Waals surface area contributed by atoms with Crippen molar-refractivity contribution in [2.45, 2.75) is 122 Å². The number of hydrogen-bond acceptors (Lipinski definition) is 8. The van der Waals surface area contributed by atoms with Crippen molar-refractivity contribution in [3.8, 4) is 0 Å². The summed E-state index contributed by atoms with van der Waals surface area (Å²) >= 11 is 0. The van der Waals surface area contributed by atoms with E-state index in [-0.39, 0.29) is 43.2 Å². The van der Waals surface area contributed by atoms with Crippen LogP contribution in [0, 0.1) is 23.7 Å². The van der Waals surface area contributed by atoms with E-state index in [1.165, 1.54) is 5.57 Å². The Kier molecular flexibility index (Phi) is 9.60. The summed E-state index contributed by atoms with van der Waals surface area (Å²) in [5.74, 6) is -2.63. The normalized spacial score (nSPS) is 45.1. The molecule has 242 valence electrons. The van der Waals surface area contributed by atoms with Gasteiger partial charge in [0.1, 0.15) is 35.6 Å². The monoisotopic (exact) mass is 610 g/mol. The summed E-state index contributed by atoms with van der Waals surface area (Å²) in [5.41, 5.74) is 1.52. The van der Waals surface area contributed by atoms with E-state index < -0.39 is 47.7 Å². The van der Waals surface area contributed by atoms with Gasteiger partial charge in [0.2, 0.25) is 0 Å². The van der Waals surface area contributed by atoms with E-state index in [4.69, 9.17) is 18.9 Å². The van der Waals surface area contributed by atoms with Gasteiger partial charge in [-0.2, -0.15) is 0 Å². The maximum atomic E-state index is 14.0. The Morgan fingerprint density at radius 1 is 1.14 bits per heavy atom. The maximum absolute atomic E-state index is 14.0. The minimum Gasteiger partial charge on any atom is -0.462 e. The predicted molar refractivity (Wildman–Crippen MR) is 166 cm³/mol. The van der Waals surface area contributed by atoms with Crippen LogP contribution in [0.4, 0.5) is 0 Å². The fourth-order valence-corrected chi connectivity index (χ4v) is 7.69. The molecule has 0 saturated carbocycles. The first kappa shape index (κ1) is 33.0. The van der Waals surface area contributed by atoms with Crippen molar-refractivity contribution in [1.29, 1.82) is 0 Å². The van der Waals surface area contributed by atoms with E-state index >= 15 is 0 Å². The van der Waals surface area contributed by atoms with Crippen LogP contribution < -0.4 is 0 Å². The van der Waals surface area contributed by atoms with Crippen LogP contribution >= 0.6 is 0 Å². The lowest BCUT2D eigenvalue weighted by Gasteiger charge is -2.49. The summed E-state index contributed by atoms with van der Waals surface area (Å²) in [6.07, 6.45) is 10.4. The van der Waals surface area contributed by atoms with Gasteiger partial charge in [0.15, 0.2) is 5.79 Å². The number of carbonyl (C=O) groups is 2. The second-order valence-corrected chi connectivity index (χ2v) is 14.2. The molecule has 3 saturated heterocycles. The van der Waals surface area contributed by atoms with Crippen LogP contribution in [0.5, 0.6) is 0 Å².